The molecule has 150 valence electrons. The minimum atomic E-state index is -0.245. The van der Waals surface area contributed by atoms with Gasteiger partial charge in [0.2, 0.25) is 5.95 Å². The van der Waals surface area contributed by atoms with Crippen LogP contribution >= 0.6 is 11.6 Å². The molecule has 7 nitrogen and oxygen atoms in total. The lowest BCUT2D eigenvalue weighted by Crippen LogP contribution is -2.20. The van der Waals surface area contributed by atoms with Gasteiger partial charge in [-0.05, 0) is 55.0 Å². The zero-order valence-corrected chi connectivity index (χ0v) is 17.2. The van der Waals surface area contributed by atoms with Crippen molar-refractivity contribution in [2.24, 2.45) is 0 Å². The molecule has 1 N–H and O–H groups in total. The summed E-state index contributed by atoms with van der Waals surface area (Å²) in [6.45, 7) is 1.96. The summed E-state index contributed by atoms with van der Waals surface area (Å²) in [5, 5.41) is 13.0. The summed E-state index contributed by atoms with van der Waals surface area (Å²) in [4.78, 5) is 4.37. The van der Waals surface area contributed by atoms with E-state index in [-0.39, 0.29) is 6.04 Å². The molecule has 0 saturated carbocycles. The van der Waals surface area contributed by atoms with Crippen LogP contribution < -0.4 is 10.1 Å². The molecule has 0 amide bonds. The summed E-state index contributed by atoms with van der Waals surface area (Å²) in [7, 11) is 1.65. The van der Waals surface area contributed by atoms with Crippen molar-refractivity contribution in [3.8, 4) is 11.4 Å². The molecular weight excluding hydrogens is 400 g/mol. The Labute approximate surface area is 178 Å². The number of hydrogen-bond acceptors (Lipinski definition) is 5. The molecule has 8 heteroatoms. The van der Waals surface area contributed by atoms with Crippen LogP contribution in [0.25, 0.3) is 11.4 Å². The van der Waals surface area contributed by atoms with Crippen molar-refractivity contribution in [1.82, 2.24) is 24.5 Å². The van der Waals surface area contributed by atoms with Crippen LogP contribution in [0, 0.1) is 6.92 Å². The predicted molar refractivity (Wildman–Crippen MR) is 116 cm³/mol. The van der Waals surface area contributed by atoms with Crippen molar-refractivity contribution >= 4 is 23.2 Å². The van der Waals surface area contributed by atoms with Gasteiger partial charge < -0.3 is 10.1 Å². The number of allylic oxidation sites excluding steroid dienone is 1. The number of aromatic nitrogens is 5. The van der Waals surface area contributed by atoms with Crippen molar-refractivity contribution in [1.29, 1.82) is 0 Å². The van der Waals surface area contributed by atoms with Gasteiger partial charge in [-0.15, -0.1) is 0 Å². The minimum Gasteiger partial charge on any atom is -0.497 e. The van der Waals surface area contributed by atoms with E-state index in [1.807, 2.05) is 66.2 Å². The van der Waals surface area contributed by atoms with Gasteiger partial charge >= 0.3 is 0 Å². The highest BCUT2D eigenvalue weighted by Gasteiger charge is 2.29. The first-order valence-electron chi connectivity index (χ1n) is 9.49. The molecule has 0 spiro atoms. The van der Waals surface area contributed by atoms with E-state index in [9.17, 15) is 0 Å². The third-order valence-corrected chi connectivity index (χ3v) is 5.52. The molecule has 2 aromatic carbocycles. The van der Waals surface area contributed by atoms with Gasteiger partial charge in [0, 0.05) is 11.3 Å². The Kier molecular flexibility index (Phi) is 4.52. The molecule has 1 atom stereocenters. The van der Waals surface area contributed by atoms with Crippen LogP contribution in [-0.4, -0.2) is 31.7 Å². The van der Waals surface area contributed by atoms with Crippen LogP contribution in [0.2, 0.25) is 5.15 Å². The number of rotatable bonds is 4. The number of nitrogens with zero attached hydrogens (tertiary/aromatic N) is 5. The Balaban J connectivity index is 1.62. The number of nitrogens with one attached hydrogen (secondary N) is 1. The van der Waals surface area contributed by atoms with Gasteiger partial charge in [-0.1, -0.05) is 29.8 Å². The standard InChI is InChI=1S/C22H19ClN6O/c1-14-20(21(23)28(27-14)16-6-4-3-5-7-16)19-12-18(26-22-24-13-25-29(19)22)15-8-10-17(30-2)11-9-15/h3-13,19H,1-2H3,(H,24,25,26)/t19-/m1/s1. The summed E-state index contributed by atoms with van der Waals surface area (Å²) >= 11 is 6.84. The Bertz CT molecular complexity index is 1230. The summed E-state index contributed by atoms with van der Waals surface area (Å²) < 4.78 is 8.85. The fourth-order valence-corrected chi connectivity index (χ4v) is 4.05. The van der Waals surface area contributed by atoms with Crippen molar-refractivity contribution in [3.05, 3.63) is 89.0 Å². The number of methoxy groups -OCH3 is 1. The van der Waals surface area contributed by atoms with Crippen LogP contribution in [0.15, 0.2) is 67.0 Å². The highest BCUT2D eigenvalue weighted by atomic mass is 35.5. The normalized spacial score (nSPS) is 15.3. The van der Waals surface area contributed by atoms with Gasteiger partial charge in [-0.3, -0.25) is 0 Å². The van der Waals surface area contributed by atoms with Crippen molar-refractivity contribution < 1.29 is 4.74 Å². The second-order valence-electron chi connectivity index (χ2n) is 6.94. The molecular formula is C22H19ClN6O. The molecule has 30 heavy (non-hydrogen) atoms. The summed E-state index contributed by atoms with van der Waals surface area (Å²) in [5.41, 5.74) is 4.57. The topological polar surface area (TPSA) is 69.8 Å². The summed E-state index contributed by atoms with van der Waals surface area (Å²) in [5.74, 6) is 1.45. The average Bonchev–Trinajstić information content (AvgIpc) is 3.38. The number of halogens is 1. The van der Waals surface area contributed by atoms with Crippen molar-refractivity contribution in [3.63, 3.8) is 0 Å². The fraction of sp³-hybridized carbons (Fsp3) is 0.136. The number of aryl methyl sites for hydroxylation is 1. The van der Waals surface area contributed by atoms with E-state index in [0.717, 1.165) is 34.0 Å². The maximum Gasteiger partial charge on any atom is 0.226 e. The van der Waals surface area contributed by atoms with Crippen LogP contribution in [0.5, 0.6) is 5.75 Å². The summed E-state index contributed by atoms with van der Waals surface area (Å²) in [6, 6.07) is 17.5. The van der Waals surface area contributed by atoms with Gasteiger partial charge in [0.1, 0.15) is 23.3 Å². The molecule has 4 aromatic rings. The van der Waals surface area contributed by atoms with Gasteiger partial charge in [-0.25, -0.2) is 9.36 Å². The van der Waals surface area contributed by atoms with Crippen molar-refractivity contribution in [2.45, 2.75) is 13.0 Å². The van der Waals surface area contributed by atoms with E-state index in [0.29, 0.717) is 11.1 Å². The monoisotopic (exact) mass is 418 g/mol. The third-order valence-electron chi connectivity index (χ3n) is 5.15. The molecule has 2 aromatic heterocycles. The molecule has 0 aliphatic carbocycles. The number of hydrogen-bond donors (Lipinski definition) is 1. The molecule has 5 rings (SSSR count). The largest absolute Gasteiger partial charge is 0.497 e. The van der Waals surface area contributed by atoms with E-state index >= 15 is 0 Å². The first kappa shape index (κ1) is 18.4. The highest BCUT2D eigenvalue weighted by molar-refractivity contribution is 6.30. The number of benzene rings is 2. The van der Waals surface area contributed by atoms with Crippen LogP contribution in [0.4, 0.5) is 5.95 Å². The Hall–Kier alpha value is -3.58. The molecule has 0 fully saturated rings. The van der Waals surface area contributed by atoms with Gasteiger partial charge in [-0.2, -0.15) is 15.2 Å². The zero-order valence-electron chi connectivity index (χ0n) is 16.5. The first-order chi connectivity index (χ1) is 14.7. The first-order valence-corrected chi connectivity index (χ1v) is 9.86. The SMILES string of the molecule is COc1ccc(C2=C[C@H](c3c(C)nn(-c4ccccc4)c3Cl)n3ncnc3N2)cc1. The summed E-state index contributed by atoms with van der Waals surface area (Å²) in [6.07, 6.45) is 3.62. The molecule has 1 aliphatic rings. The molecule has 0 saturated heterocycles. The van der Waals surface area contributed by atoms with E-state index in [4.69, 9.17) is 21.4 Å². The Morgan fingerprint density at radius 3 is 2.57 bits per heavy atom. The number of para-hydroxylation sites is 1. The third kappa shape index (κ3) is 3.04. The number of fused-ring (bicyclic) bond motifs is 1. The average molecular weight is 419 g/mol. The second-order valence-corrected chi connectivity index (χ2v) is 7.30. The smallest absolute Gasteiger partial charge is 0.226 e. The van der Waals surface area contributed by atoms with E-state index in [1.165, 1.54) is 6.33 Å². The zero-order chi connectivity index (χ0) is 20.7. The lowest BCUT2D eigenvalue weighted by Gasteiger charge is -2.24. The van der Waals surface area contributed by atoms with Gasteiger partial charge in [0.15, 0.2) is 0 Å². The van der Waals surface area contributed by atoms with Crippen LogP contribution in [0.3, 0.4) is 0 Å². The Morgan fingerprint density at radius 1 is 1.07 bits per heavy atom. The quantitative estimate of drug-likeness (QED) is 0.528. The molecule has 0 radical (unpaired) electrons. The number of ether oxygens (including phenoxy) is 1. The van der Waals surface area contributed by atoms with Crippen LogP contribution in [0.1, 0.15) is 22.9 Å². The fourth-order valence-electron chi connectivity index (χ4n) is 3.67. The minimum absolute atomic E-state index is 0.245. The molecule has 3 heterocycles. The van der Waals surface area contributed by atoms with E-state index < -0.39 is 0 Å². The molecule has 0 bridgehead atoms. The lowest BCUT2D eigenvalue weighted by molar-refractivity contribution is 0.415. The lowest BCUT2D eigenvalue weighted by atomic mass is 10.0. The second kappa shape index (κ2) is 7.35. The predicted octanol–water partition coefficient (Wildman–Crippen LogP) is 4.49. The van der Waals surface area contributed by atoms with Crippen LogP contribution in [-0.2, 0) is 0 Å². The molecule has 0 unspecified atom stereocenters. The van der Waals surface area contributed by atoms with E-state index in [2.05, 4.69) is 21.5 Å². The maximum absolute atomic E-state index is 6.84. The molecule has 1 aliphatic heterocycles. The Morgan fingerprint density at radius 2 is 1.83 bits per heavy atom. The van der Waals surface area contributed by atoms with Crippen molar-refractivity contribution in [2.75, 3.05) is 12.4 Å². The van der Waals surface area contributed by atoms with Gasteiger partial charge in [0.05, 0.1) is 18.5 Å². The number of anilines is 1. The highest BCUT2D eigenvalue weighted by Crippen LogP contribution is 2.37. The van der Waals surface area contributed by atoms with E-state index in [1.54, 1.807) is 11.8 Å². The maximum atomic E-state index is 6.84. The van der Waals surface area contributed by atoms with Gasteiger partial charge in [0.25, 0.3) is 0 Å².